The molecule has 0 atom stereocenters. The maximum atomic E-state index is 11.0. The predicted octanol–water partition coefficient (Wildman–Crippen LogP) is 2.03. The van der Waals surface area contributed by atoms with E-state index in [1.807, 2.05) is 26.0 Å². The second-order valence-corrected chi connectivity index (χ2v) is 2.66. The van der Waals surface area contributed by atoms with Crippen LogP contribution in [0.25, 0.3) is 0 Å². The minimum absolute atomic E-state index is 0.123. The van der Waals surface area contributed by atoms with E-state index in [1.54, 1.807) is 12.1 Å². The Morgan fingerprint density at radius 2 is 1.80 bits per heavy atom. The van der Waals surface area contributed by atoms with Crippen LogP contribution in [0, 0.1) is 0 Å². The summed E-state index contributed by atoms with van der Waals surface area (Å²) in [6.07, 6.45) is 0.613. The first-order chi connectivity index (χ1) is 7.27. The van der Waals surface area contributed by atoms with E-state index in [9.17, 15) is 4.79 Å². The Kier molecular flexibility index (Phi) is 7.28. The van der Waals surface area contributed by atoms with E-state index in [0.29, 0.717) is 12.0 Å². The van der Waals surface area contributed by atoms with Gasteiger partial charge in [0, 0.05) is 6.61 Å². The highest BCUT2D eigenvalue weighted by molar-refractivity contribution is 5.89. The summed E-state index contributed by atoms with van der Waals surface area (Å²) < 4.78 is 4.55. The Bertz CT molecular complexity index is 277. The minimum Gasteiger partial charge on any atom is -0.465 e. The Hall–Kier alpha value is -1.35. The molecule has 1 rings (SSSR count). The highest BCUT2D eigenvalue weighted by atomic mass is 16.5. The summed E-state index contributed by atoms with van der Waals surface area (Å²) in [5.41, 5.74) is 1.54. The van der Waals surface area contributed by atoms with Crippen LogP contribution in [0.4, 0.5) is 0 Å². The summed E-state index contributed by atoms with van der Waals surface area (Å²) in [6.45, 7) is 4.12. The average Bonchev–Trinajstić information content (AvgIpc) is 2.32. The van der Waals surface area contributed by atoms with Crippen LogP contribution in [0.5, 0.6) is 0 Å². The summed E-state index contributed by atoms with van der Waals surface area (Å²) >= 11 is 0. The van der Waals surface area contributed by atoms with Crippen LogP contribution in [0.15, 0.2) is 24.3 Å². The smallest absolute Gasteiger partial charge is 0.337 e. The van der Waals surface area contributed by atoms with Gasteiger partial charge in [-0.1, -0.05) is 26.0 Å². The van der Waals surface area contributed by atoms with Gasteiger partial charge in [0.25, 0.3) is 0 Å². The van der Waals surface area contributed by atoms with Crippen molar-refractivity contribution in [3.63, 3.8) is 0 Å². The van der Waals surface area contributed by atoms with Crippen LogP contribution in [-0.4, -0.2) is 24.8 Å². The van der Waals surface area contributed by atoms with E-state index in [1.165, 1.54) is 7.11 Å². The zero-order valence-electron chi connectivity index (χ0n) is 9.49. The van der Waals surface area contributed by atoms with Gasteiger partial charge in [0.15, 0.2) is 0 Å². The molecule has 0 saturated carbocycles. The molecule has 0 aliphatic heterocycles. The summed E-state index contributed by atoms with van der Waals surface area (Å²) in [5, 5.41) is 8.65. The van der Waals surface area contributed by atoms with Crippen molar-refractivity contribution in [2.75, 3.05) is 13.7 Å². The second-order valence-electron chi connectivity index (χ2n) is 2.66. The van der Waals surface area contributed by atoms with Gasteiger partial charge in [-0.15, -0.1) is 0 Å². The van der Waals surface area contributed by atoms with E-state index >= 15 is 0 Å². The third kappa shape index (κ3) is 4.61. The molecule has 0 bridgehead atoms. The standard InChI is InChI=1S/C10H12O3.C2H6/c1-13-10(12)9-4-2-8(3-5-9)6-7-11;1-2/h2-5,11H,6-7H2,1H3;1-2H3. The zero-order valence-corrected chi connectivity index (χ0v) is 9.49. The van der Waals surface area contributed by atoms with Crippen LogP contribution in [0.3, 0.4) is 0 Å². The molecule has 0 amide bonds. The number of hydrogen-bond acceptors (Lipinski definition) is 3. The van der Waals surface area contributed by atoms with Crippen LogP contribution in [0.2, 0.25) is 0 Å². The molecular formula is C12H18O3. The first-order valence-corrected chi connectivity index (χ1v) is 5.06. The Morgan fingerprint density at radius 3 is 2.20 bits per heavy atom. The molecule has 0 unspecified atom stereocenters. The molecule has 1 N–H and O–H groups in total. The van der Waals surface area contributed by atoms with E-state index in [0.717, 1.165) is 5.56 Å². The molecule has 1 aromatic carbocycles. The number of methoxy groups -OCH3 is 1. The Morgan fingerprint density at radius 1 is 1.27 bits per heavy atom. The van der Waals surface area contributed by atoms with Gasteiger partial charge in [-0.05, 0) is 24.1 Å². The van der Waals surface area contributed by atoms with Gasteiger partial charge in [0.2, 0.25) is 0 Å². The normalized spacial score (nSPS) is 8.80. The monoisotopic (exact) mass is 210 g/mol. The molecule has 0 heterocycles. The number of aliphatic hydroxyl groups excluding tert-OH is 1. The van der Waals surface area contributed by atoms with Crippen molar-refractivity contribution in [2.45, 2.75) is 20.3 Å². The summed E-state index contributed by atoms with van der Waals surface area (Å²) in [6, 6.07) is 7.00. The zero-order chi connectivity index (χ0) is 11.7. The molecule has 0 spiro atoms. The molecule has 0 aliphatic carbocycles. The highest BCUT2D eigenvalue weighted by Crippen LogP contribution is 2.05. The highest BCUT2D eigenvalue weighted by Gasteiger charge is 2.03. The van der Waals surface area contributed by atoms with Crippen molar-refractivity contribution < 1.29 is 14.6 Å². The fourth-order valence-corrected chi connectivity index (χ4v) is 1.05. The fourth-order valence-electron chi connectivity index (χ4n) is 1.05. The van der Waals surface area contributed by atoms with Crippen molar-refractivity contribution in [3.8, 4) is 0 Å². The van der Waals surface area contributed by atoms with Crippen LogP contribution in [-0.2, 0) is 11.2 Å². The number of rotatable bonds is 3. The lowest BCUT2D eigenvalue weighted by Gasteiger charge is -2.00. The van der Waals surface area contributed by atoms with E-state index in [4.69, 9.17) is 5.11 Å². The van der Waals surface area contributed by atoms with E-state index in [2.05, 4.69) is 4.74 Å². The van der Waals surface area contributed by atoms with Gasteiger partial charge in [0.1, 0.15) is 0 Å². The van der Waals surface area contributed by atoms with Crippen LogP contribution in [0.1, 0.15) is 29.8 Å². The number of esters is 1. The Balaban J connectivity index is 0.000000921. The lowest BCUT2D eigenvalue weighted by molar-refractivity contribution is 0.0600. The topological polar surface area (TPSA) is 46.5 Å². The third-order valence-electron chi connectivity index (χ3n) is 1.78. The van der Waals surface area contributed by atoms with Crippen molar-refractivity contribution in [1.29, 1.82) is 0 Å². The quantitative estimate of drug-likeness (QED) is 0.776. The van der Waals surface area contributed by atoms with Gasteiger partial charge in [-0.2, -0.15) is 0 Å². The molecule has 0 saturated heterocycles. The molecule has 0 radical (unpaired) electrons. The summed E-state index contributed by atoms with van der Waals surface area (Å²) in [5.74, 6) is -0.337. The van der Waals surface area contributed by atoms with Crippen LogP contribution >= 0.6 is 0 Å². The van der Waals surface area contributed by atoms with Crippen molar-refractivity contribution in [2.24, 2.45) is 0 Å². The fraction of sp³-hybridized carbons (Fsp3) is 0.417. The molecule has 84 valence electrons. The maximum absolute atomic E-state index is 11.0. The SMILES string of the molecule is CC.COC(=O)c1ccc(CCO)cc1. The van der Waals surface area contributed by atoms with E-state index in [-0.39, 0.29) is 12.6 Å². The molecule has 0 fully saturated rings. The Labute approximate surface area is 90.7 Å². The number of hydrogen-bond donors (Lipinski definition) is 1. The molecule has 1 aromatic rings. The average molecular weight is 210 g/mol. The second kappa shape index (κ2) is 8.00. The van der Waals surface area contributed by atoms with Crippen molar-refractivity contribution >= 4 is 5.97 Å². The third-order valence-corrected chi connectivity index (χ3v) is 1.78. The number of aliphatic hydroxyl groups is 1. The van der Waals surface area contributed by atoms with Crippen LogP contribution < -0.4 is 0 Å². The lowest BCUT2D eigenvalue weighted by Crippen LogP contribution is -2.01. The molecule has 0 aliphatic rings. The number of ether oxygens (including phenoxy) is 1. The van der Waals surface area contributed by atoms with Gasteiger partial charge >= 0.3 is 5.97 Å². The van der Waals surface area contributed by atoms with Gasteiger partial charge in [-0.25, -0.2) is 4.79 Å². The molecule has 3 heteroatoms. The summed E-state index contributed by atoms with van der Waals surface area (Å²) in [7, 11) is 1.35. The van der Waals surface area contributed by atoms with Gasteiger partial charge in [0.05, 0.1) is 12.7 Å². The predicted molar refractivity (Wildman–Crippen MR) is 59.9 cm³/mol. The summed E-state index contributed by atoms with van der Waals surface area (Å²) in [4.78, 5) is 11.0. The number of carbonyl (C=O) groups is 1. The largest absolute Gasteiger partial charge is 0.465 e. The first kappa shape index (κ1) is 13.7. The molecular weight excluding hydrogens is 192 g/mol. The number of carbonyl (C=O) groups excluding carboxylic acids is 1. The first-order valence-electron chi connectivity index (χ1n) is 5.06. The minimum atomic E-state index is -0.337. The lowest BCUT2D eigenvalue weighted by atomic mass is 10.1. The molecule has 15 heavy (non-hydrogen) atoms. The van der Waals surface area contributed by atoms with Crippen molar-refractivity contribution in [1.82, 2.24) is 0 Å². The molecule has 0 aromatic heterocycles. The van der Waals surface area contributed by atoms with Crippen molar-refractivity contribution in [3.05, 3.63) is 35.4 Å². The molecule has 3 nitrogen and oxygen atoms in total. The van der Waals surface area contributed by atoms with Gasteiger partial charge in [-0.3, -0.25) is 0 Å². The number of benzene rings is 1. The van der Waals surface area contributed by atoms with E-state index < -0.39 is 0 Å². The van der Waals surface area contributed by atoms with Gasteiger partial charge < -0.3 is 9.84 Å². The maximum Gasteiger partial charge on any atom is 0.337 e.